The highest BCUT2D eigenvalue weighted by atomic mass is 32.2. The molecule has 2 rings (SSSR count). The number of aromatic hydroxyl groups is 1. The number of hydrogen-bond acceptors (Lipinski definition) is 4. The lowest BCUT2D eigenvalue weighted by Crippen LogP contribution is -2.06. The summed E-state index contributed by atoms with van der Waals surface area (Å²) in [6, 6.07) is 11.0. The molecule has 2 aromatic rings. The maximum atomic E-state index is 12.0. The minimum Gasteiger partial charge on any atom is -0.508 e. The van der Waals surface area contributed by atoms with Crippen molar-refractivity contribution in [2.45, 2.75) is 82.4 Å². The molecule has 0 amide bonds. The standard InChI is InChI=1S/C24H34O5S/c1-2-3-4-5-6-7-8-9-10-11-13-20-14-12-15-23(24(20)30(26,27)28)29-22-18-16-21(25)17-19-22/h12,14-19,25H,2-11,13H2,1H3,(H,26,27,28). The molecule has 0 fully saturated rings. The molecule has 2 aromatic carbocycles. The van der Waals surface area contributed by atoms with Crippen LogP contribution in [0.25, 0.3) is 0 Å². The van der Waals surface area contributed by atoms with E-state index in [-0.39, 0.29) is 16.4 Å². The van der Waals surface area contributed by atoms with E-state index in [1.807, 2.05) is 0 Å². The monoisotopic (exact) mass is 434 g/mol. The Balaban J connectivity index is 1.90. The smallest absolute Gasteiger partial charge is 0.298 e. The summed E-state index contributed by atoms with van der Waals surface area (Å²) in [5.41, 5.74) is 0.563. The molecule has 0 saturated carbocycles. The molecule has 0 aromatic heterocycles. The number of hydrogen-bond donors (Lipinski definition) is 2. The Morgan fingerprint density at radius 3 is 1.93 bits per heavy atom. The highest BCUT2D eigenvalue weighted by molar-refractivity contribution is 7.86. The molecule has 0 radical (unpaired) electrons. The van der Waals surface area contributed by atoms with Crippen molar-refractivity contribution in [2.75, 3.05) is 0 Å². The van der Waals surface area contributed by atoms with Gasteiger partial charge in [-0.3, -0.25) is 4.55 Å². The van der Waals surface area contributed by atoms with Crippen LogP contribution in [0.4, 0.5) is 0 Å². The third kappa shape index (κ3) is 8.36. The van der Waals surface area contributed by atoms with Gasteiger partial charge in [-0.1, -0.05) is 76.8 Å². The lowest BCUT2D eigenvalue weighted by Gasteiger charge is -2.13. The van der Waals surface area contributed by atoms with Crippen LogP contribution in [0.3, 0.4) is 0 Å². The van der Waals surface area contributed by atoms with Crippen LogP contribution in [0.5, 0.6) is 17.2 Å². The van der Waals surface area contributed by atoms with Crippen molar-refractivity contribution in [2.24, 2.45) is 0 Å². The van der Waals surface area contributed by atoms with E-state index in [0.717, 1.165) is 19.3 Å². The molecule has 0 atom stereocenters. The van der Waals surface area contributed by atoms with Crippen molar-refractivity contribution in [3.05, 3.63) is 48.0 Å². The van der Waals surface area contributed by atoms with Crippen molar-refractivity contribution in [3.8, 4) is 17.2 Å². The summed E-state index contributed by atoms with van der Waals surface area (Å²) in [7, 11) is -4.43. The molecule has 0 unspecified atom stereocenters. The summed E-state index contributed by atoms with van der Waals surface area (Å²) in [5.74, 6) is 0.564. The molecule has 0 heterocycles. The largest absolute Gasteiger partial charge is 0.508 e. The second kappa shape index (κ2) is 12.6. The summed E-state index contributed by atoms with van der Waals surface area (Å²) < 4.78 is 39.5. The van der Waals surface area contributed by atoms with E-state index in [0.29, 0.717) is 17.7 Å². The molecule has 0 aliphatic carbocycles. The maximum Gasteiger partial charge on any atom is 0.298 e. The van der Waals surface area contributed by atoms with Crippen LogP contribution in [-0.2, 0) is 16.5 Å². The van der Waals surface area contributed by atoms with Crippen LogP contribution in [-0.4, -0.2) is 18.1 Å². The topological polar surface area (TPSA) is 83.8 Å². The van der Waals surface area contributed by atoms with Crippen LogP contribution in [0.1, 0.15) is 76.7 Å². The minimum absolute atomic E-state index is 0.0899. The fourth-order valence-corrected chi connectivity index (χ4v) is 4.44. The van der Waals surface area contributed by atoms with E-state index in [1.165, 1.54) is 75.3 Å². The van der Waals surface area contributed by atoms with Crippen LogP contribution in [0.2, 0.25) is 0 Å². The van der Waals surface area contributed by atoms with E-state index in [2.05, 4.69) is 6.92 Å². The maximum absolute atomic E-state index is 12.0. The van der Waals surface area contributed by atoms with Crippen molar-refractivity contribution >= 4 is 10.1 Å². The molecule has 5 nitrogen and oxygen atoms in total. The number of phenols is 1. The van der Waals surface area contributed by atoms with Crippen molar-refractivity contribution < 1.29 is 22.8 Å². The Morgan fingerprint density at radius 2 is 1.37 bits per heavy atom. The lowest BCUT2D eigenvalue weighted by molar-refractivity contribution is 0.443. The Kier molecular flexibility index (Phi) is 10.2. The van der Waals surface area contributed by atoms with Crippen LogP contribution in [0, 0.1) is 0 Å². The Morgan fingerprint density at radius 1 is 0.800 bits per heavy atom. The van der Waals surface area contributed by atoms with Gasteiger partial charge in [0, 0.05) is 0 Å². The van der Waals surface area contributed by atoms with Gasteiger partial charge in [0.1, 0.15) is 22.1 Å². The van der Waals surface area contributed by atoms with Crippen LogP contribution < -0.4 is 4.74 Å². The first-order valence-corrected chi connectivity index (χ1v) is 12.4. The predicted octanol–water partition coefficient (Wildman–Crippen LogP) is 6.89. The zero-order chi connectivity index (χ0) is 21.8. The zero-order valence-corrected chi connectivity index (χ0v) is 18.7. The number of ether oxygens (including phenoxy) is 1. The molecule has 0 aliphatic rings. The molecule has 30 heavy (non-hydrogen) atoms. The second-order valence-electron chi connectivity index (χ2n) is 7.75. The van der Waals surface area contributed by atoms with Gasteiger partial charge in [-0.2, -0.15) is 8.42 Å². The molecule has 0 aliphatic heterocycles. The van der Waals surface area contributed by atoms with Crippen LogP contribution >= 0.6 is 0 Å². The number of aryl methyl sites for hydroxylation is 1. The molecule has 2 N–H and O–H groups in total. The molecule has 166 valence electrons. The minimum atomic E-state index is -4.43. The normalized spacial score (nSPS) is 11.5. The van der Waals surface area contributed by atoms with E-state index in [1.54, 1.807) is 12.1 Å². The van der Waals surface area contributed by atoms with Crippen molar-refractivity contribution in [3.63, 3.8) is 0 Å². The summed E-state index contributed by atoms with van der Waals surface area (Å²) in [6.45, 7) is 2.22. The molecule has 0 saturated heterocycles. The lowest BCUT2D eigenvalue weighted by atomic mass is 10.0. The van der Waals surface area contributed by atoms with Crippen molar-refractivity contribution in [1.29, 1.82) is 0 Å². The molecule has 0 bridgehead atoms. The summed E-state index contributed by atoms with van der Waals surface area (Å²) in [4.78, 5) is -0.172. The van der Waals surface area contributed by atoms with Gasteiger partial charge in [0.15, 0.2) is 0 Å². The van der Waals surface area contributed by atoms with Gasteiger partial charge in [0.25, 0.3) is 10.1 Å². The summed E-state index contributed by atoms with van der Waals surface area (Å²) in [5, 5.41) is 9.38. The highest BCUT2D eigenvalue weighted by Crippen LogP contribution is 2.33. The Labute approximate surface area is 180 Å². The van der Waals surface area contributed by atoms with Crippen LogP contribution in [0.15, 0.2) is 47.4 Å². The first-order valence-electron chi connectivity index (χ1n) is 11.0. The van der Waals surface area contributed by atoms with Gasteiger partial charge in [-0.05, 0) is 48.7 Å². The highest BCUT2D eigenvalue weighted by Gasteiger charge is 2.21. The first kappa shape index (κ1) is 24.2. The van der Waals surface area contributed by atoms with Gasteiger partial charge in [-0.25, -0.2) is 0 Å². The van der Waals surface area contributed by atoms with E-state index in [9.17, 15) is 18.1 Å². The van der Waals surface area contributed by atoms with E-state index in [4.69, 9.17) is 4.74 Å². The predicted molar refractivity (Wildman–Crippen MR) is 120 cm³/mol. The fourth-order valence-electron chi connectivity index (χ4n) is 3.58. The molecule has 6 heteroatoms. The Bertz CT molecular complexity index is 860. The van der Waals surface area contributed by atoms with Crippen molar-refractivity contribution in [1.82, 2.24) is 0 Å². The zero-order valence-electron chi connectivity index (χ0n) is 17.8. The third-order valence-corrected chi connectivity index (χ3v) is 6.16. The number of unbranched alkanes of at least 4 members (excludes halogenated alkanes) is 9. The third-order valence-electron chi connectivity index (χ3n) is 5.18. The molecular weight excluding hydrogens is 400 g/mol. The SMILES string of the molecule is CCCCCCCCCCCCc1cccc(Oc2ccc(O)cc2)c1S(=O)(=O)O. The molecular formula is C24H34O5S. The van der Waals surface area contributed by atoms with Gasteiger partial charge in [-0.15, -0.1) is 0 Å². The second-order valence-corrected chi connectivity index (χ2v) is 9.11. The quantitative estimate of drug-likeness (QED) is 0.250. The van der Waals surface area contributed by atoms with Gasteiger partial charge in [0.05, 0.1) is 0 Å². The average Bonchev–Trinajstić information content (AvgIpc) is 2.70. The number of rotatable bonds is 14. The average molecular weight is 435 g/mol. The Hall–Kier alpha value is -2.05. The van der Waals surface area contributed by atoms with Gasteiger partial charge < -0.3 is 9.84 Å². The fraction of sp³-hybridized carbons (Fsp3) is 0.500. The number of benzene rings is 2. The van der Waals surface area contributed by atoms with E-state index >= 15 is 0 Å². The first-order chi connectivity index (χ1) is 14.4. The van der Waals surface area contributed by atoms with E-state index < -0.39 is 10.1 Å². The number of phenolic OH excluding ortho intramolecular Hbond substituents is 1. The molecule has 0 spiro atoms. The summed E-state index contributed by atoms with van der Waals surface area (Å²) in [6.07, 6.45) is 12.6. The van der Waals surface area contributed by atoms with Gasteiger partial charge in [0.2, 0.25) is 0 Å². The van der Waals surface area contributed by atoms with Gasteiger partial charge >= 0.3 is 0 Å². The summed E-state index contributed by atoms with van der Waals surface area (Å²) >= 11 is 0.